The quantitative estimate of drug-likeness (QED) is 0.328. The number of rotatable bonds is 3. The summed E-state index contributed by atoms with van der Waals surface area (Å²) in [5.41, 5.74) is -0.301. The van der Waals surface area contributed by atoms with Gasteiger partial charge in [0.1, 0.15) is 5.75 Å². The van der Waals surface area contributed by atoms with Crippen molar-refractivity contribution in [2.45, 2.75) is 6.92 Å². The largest absolute Gasteiger partial charge is 0.496 e. The van der Waals surface area contributed by atoms with Crippen molar-refractivity contribution in [3.05, 3.63) is 28.3 Å². The van der Waals surface area contributed by atoms with Gasteiger partial charge in [0.25, 0.3) is 0 Å². The molecule has 0 saturated carbocycles. The second kappa shape index (κ2) is 4.41. The van der Waals surface area contributed by atoms with Gasteiger partial charge in [0, 0.05) is 6.92 Å². The van der Waals surface area contributed by atoms with E-state index in [0.717, 1.165) is 0 Å². The minimum absolute atomic E-state index is 0.0895. The van der Waals surface area contributed by atoms with Crippen LogP contribution in [0.2, 0.25) is 0 Å². The van der Waals surface area contributed by atoms with Crippen LogP contribution in [0.25, 0.3) is 0 Å². The van der Waals surface area contributed by atoms with Gasteiger partial charge in [0.2, 0.25) is 5.75 Å². The summed E-state index contributed by atoms with van der Waals surface area (Å²) in [6.07, 6.45) is 0. The molecule has 0 amide bonds. The minimum atomic E-state index is -0.638. The average Bonchev–Trinajstić information content (AvgIpc) is 2.17. The molecule has 1 aromatic carbocycles. The van der Waals surface area contributed by atoms with E-state index in [9.17, 15) is 14.9 Å². The smallest absolute Gasteiger partial charge is 0.315 e. The Labute approximate surface area is 85.6 Å². The molecular weight excluding hydrogens is 202 g/mol. The molecule has 0 aromatic heterocycles. The van der Waals surface area contributed by atoms with Crippen molar-refractivity contribution in [2.75, 3.05) is 7.11 Å². The summed E-state index contributed by atoms with van der Waals surface area (Å²) in [5, 5.41) is 10.6. The highest BCUT2D eigenvalue weighted by atomic mass is 16.6. The third-order valence-corrected chi connectivity index (χ3v) is 1.62. The zero-order valence-corrected chi connectivity index (χ0v) is 8.22. The van der Waals surface area contributed by atoms with Crippen molar-refractivity contribution in [3.63, 3.8) is 0 Å². The SMILES string of the molecule is COc1ccc(OC(C)=O)c([N+](=O)[O-])c1. The van der Waals surface area contributed by atoms with E-state index < -0.39 is 10.9 Å². The van der Waals surface area contributed by atoms with E-state index in [0.29, 0.717) is 5.75 Å². The molecule has 0 aliphatic heterocycles. The van der Waals surface area contributed by atoms with Crippen molar-refractivity contribution in [1.29, 1.82) is 0 Å². The summed E-state index contributed by atoms with van der Waals surface area (Å²) >= 11 is 0. The minimum Gasteiger partial charge on any atom is -0.496 e. The molecule has 80 valence electrons. The second-order valence-electron chi connectivity index (χ2n) is 2.68. The Hall–Kier alpha value is -2.11. The molecule has 0 aliphatic carbocycles. The van der Waals surface area contributed by atoms with E-state index in [2.05, 4.69) is 4.74 Å². The fourth-order valence-electron chi connectivity index (χ4n) is 1.01. The first-order valence-corrected chi connectivity index (χ1v) is 4.05. The van der Waals surface area contributed by atoms with Crippen LogP contribution < -0.4 is 9.47 Å². The first kappa shape index (κ1) is 11.0. The molecule has 15 heavy (non-hydrogen) atoms. The third-order valence-electron chi connectivity index (χ3n) is 1.62. The number of methoxy groups -OCH3 is 1. The molecule has 0 fully saturated rings. The summed E-state index contributed by atoms with van der Waals surface area (Å²) in [6, 6.07) is 3.99. The molecule has 0 spiro atoms. The highest BCUT2D eigenvalue weighted by Gasteiger charge is 2.17. The Kier molecular flexibility index (Phi) is 3.22. The van der Waals surface area contributed by atoms with Crippen LogP contribution in [0.3, 0.4) is 0 Å². The Morgan fingerprint density at radius 2 is 2.13 bits per heavy atom. The van der Waals surface area contributed by atoms with Crippen LogP contribution >= 0.6 is 0 Å². The maximum atomic E-state index is 10.7. The lowest BCUT2D eigenvalue weighted by molar-refractivity contribution is -0.385. The first-order valence-electron chi connectivity index (χ1n) is 4.05. The first-order chi connectivity index (χ1) is 7.04. The zero-order valence-electron chi connectivity index (χ0n) is 8.22. The molecule has 1 aromatic rings. The van der Waals surface area contributed by atoms with E-state index in [4.69, 9.17) is 4.74 Å². The van der Waals surface area contributed by atoms with Gasteiger partial charge in [-0.15, -0.1) is 0 Å². The summed E-state index contributed by atoms with van der Waals surface area (Å²) in [6.45, 7) is 1.17. The molecule has 0 unspecified atom stereocenters. The Balaban J connectivity index is 3.15. The number of carbonyl (C=O) groups excluding carboxylic acids is 1. The van der Waals surface area contributed by atoms with Crippen molar-refractivity contribution in [1.82, 2.24) is 0 Å². The molecule has 1 rings (SSSR count). The number of esters is 1. The van der Waals surface area contributed by atoms with Gasteiger partial charge in [-0.3, -0.25) is 14.9 Å². The summed E-state index contributed by atoms with van der Waals surface area (Å²) in [7, 11) is 1.39. The summed E-state index contributed by atoms with van der Waals surface area (Å²) in [4.78, 5) is 20.7. The van der Waals surface area contributed by atoms with E-state index >= 15 is 0 Å². The predicted molar refractivity (Wildman–Crippen MR) is 51.0 cm³/mol. The molecule has 0 bridgehead atoms. The lowest BCUT2D eigenvalue weighted by Crippen LogP contribution is -2.04. The van der Waals surface area contributed by atoms with E-state index in [1.165, 1.54) is 32.2 Å². The molecule has 6 heteroatoms. The van der Waals surface area contributed by atoms with Crippen LogP contribution in [0.15, 0.2) is 18.2 Å². The molecule has 6 nitrogen and oxygen atoms in total. The predicted octanol–water partition coefficient (Wildman–Crippen LogP) is 1.53. The number of nitro benzene ring substituents is 1. The second-order valence-corrected chi connectivity index (χ2v) is 2.68. The van der Waals surface area contributed by atoms with E-state index in [1.807, 2.05) is 0 Å². The van der Waals surface area contributed by atoms with Crippen LogP contribution in [0.5, 0.6) is 11.5 Å². The monoisotopic (exact) mass is 211 g/mol. The molecule has 0 saturated heterocycles. The standard InChI is InChI=1S/C9H9NO5/c1-6(11)15-9-4-3-7(14-2)5-8(9)10(12)13/h3-5H,1-2H3. The zero-order chi connectivity index (χ0) is 11.4. The fourth-order valence-corrected chi connectivity index (χ4v) is 1.01. The van der Waals surface area contributed by atoms with Gasteiger partial charge in [0.05, 0.1) is 18.1 Å². The maximum Gasteiger partial charge on any atom is 0.315 e. The number of nitrogens with zero attached hydrogens (tertiary/aromatic N) is 1. The van der Waals surface area contributed by atoms with Crippen LogP contribution in [0.4, 0.5) is 5.69 Å². The maximum absolute atomic E-state index is 10.7. The van der Waals surface area contributed by atoms with E-state index in [-0.39, 0.29) is 11.4 Å². The number of carbonyl (C=O) groups is 1. The van der Waals surface area contributed by atoms with Gasteiger partial charge >= 0.3 is 11.7 Å². The molecule has 0 aliphatic rings. The van der Waals surface area contributed by atoms with Crippen LogP contribution in [-0.4, -0.2) is 18.0 Å². The molecule has 0 heterocycles. The summed E-state index contributed by atoms with van der Waals surface area (Å²) in [5.74, 6) is -0.367. The van der Waals surface area contributed by atoms with Crippen molar-refractivity contribution in [2.24, 2.45) is 0 Å². The van der Waals surface area contributed by atoms with Gasteiger partial charge < -0.3 is 9.47 Å². The van der Waals surface area contributed by atoms with Crippen LogP contribution in [0.1, 0.15) is 6.92 Å². The van der Waals surface area contributed by atoms with E-state index in [1.54, 1.807) is 0 Å². The topological polar surface area (TPSA) is 78.7 Å². The number of nitro groups is 1. The molecule has 0 N–H and O–H groups in total. The number of ether oxygens (including phenoxy) is 2. The molecular formula is C9H9NO5. The Morgan fingerprint density at radius 3 is 2.60 bits per heavy atom. The Bertz CT molecular complexity index is 401. The lowest BCUT2D eigenvalue weighted by atomic mass is 10.3. The number of hydrogen-bond acceptors (Lipinski definition) is 5. The van der Waals surface area contributed by atoms with Crippen LogP contribution in [-0.2, 0) is 4.79 Å². The lowest BCUT2D eigenvalue weighted by Gasteiger charge is -2.04. The Morgan fingerprint density at radius 1 is 1.47 bits per heavy atom. The van der Waals surface area contributed by atoms with Gasteiger partial charge in [-0.1, -0.05) is 0 Å². The average molecular weight is 211 g/mol. The highest BCUT2D eigenvalue weighted by Crippen LogP contribution is 2.30. The van der Waals surface area contributed by atoms with Crippen LogP contribution in [0, 0.1) is 10.1 Å². The van der Waals surface area contributed by atoms with Gasteiger partial charge in [0.15, 0.2) is 0 Å². The molecule has 0 atom stereocenters. The normalized spacial score (nSPS) is 9.47. The van der Waals surface area contributed by atoms with Gasteiger partial charge in [-0.05, 0) is 12.1 Å². The van der Waals surface area contributed by atoms with Gasteiger partial charge in [-0.25, -0.2) is 0 Å². The van der Waals surface area contributed by atoms with Crippen molar-refractivity contribution >= 4 is 11.7 Å². The number of hydrogen-bond donors (Lipinski definition) is 0. The fraction of sp³-hybridized carbons (Fsp3) is 0.222. The van der Waals surface area contributed by atoms with Crippen molar-refractivity contribution in [3.8, 4) is 11.5 Å². The summed E-state index contributed by atoms with van der Waals surface area (Å²) < 4.78 is 9.49. The molecule has 0 radical (unpaired) electrons. The van der Waals surface area contributed by atoms with Crippen molar-refractivity contribution < 1.29 is 19.2 Å². The van der Waals surface area contributed by atoms with Gasteiger partial charge in [-0.2, -0.15) is 0 Å². The highest BCUT2D eigenvalue weighted by molar-refractivity contribution is 5.71. The number of benzene rings is 1. The third kappa shape index (κ3) is 2.67.